The first kappa shape index (κ1) is 23.3. The minimum Gasteiger partial charge on any atom is -0.360 e. The summed E-state index contributed by atoms with van der Waals surface area (Å²) in [6.45, 7) is 6.41. The number of hydrogen-bond acceptors (Lipinski definition) is 9. The monoisotopic (exact) mass is 488 g/mol. The van der Waals surface area contributed by atoms with Gasteiger partial charge in [0.25, 0.3) is 5.56 Å². The first-order valence-electron chi connectivity index (χ1n) is 11.8. The van der Waals surface area contributed by atoms with E-state index in [1.807, 2.05) is 38.4 Å². The van der Waals surface area contributed by atoms with Crippen molar-refractivity contribution >= 4 is 28.7 Å². The van der Waals surface area contributed by atoms with Crippen LogP contribution in [0.1, 0.15) is 62.2 Å². The summed E-state index contributed by atoms with van der Waals surface area (Å²) in [5, 5.41) is 3.18. The maximum atomic E-state index is 13.5. The second-order valence-electron chi connectivity index (χ2n) is 8.83. The van der Waals surface area contributed by atoms with E-state index in [-0.39, 0.29) is 17.4 Å². The van der Waals surface area contributed by atoms with E-state index in [4.69, 9.17) is 4.98 Å². The lowest BCUT2D eigenvalue weighted by molar-refractivity contribution is 0.526. The van der Waals surface area contributed by atoms with E-state index in [1.54, 1.807) is 28.9 Å². The molecule has 1 aliphatic carbocycles. The second kappa shape index (κ2) is 9.69. The average molecular weight is 489 g/mol. The Morgan fingerprint density at radius 2 is 1.97 bits per heavy atom. The highest BCUT2D eigenvalue weighted by Gasteiger charge is 2.30. The third kappa shape index (κ3) is 4.62. The fraction of sp³-hybridized carbons (Fsp3) is 0.400. The zero-order valence-electron chi connectivity index (χ0n) is 20.3. The Kier molecular flexibility index (Phi) is 6.46. The number of fused-ring (bicyclic) bond motifs is 1. The van der Waals surface area contributed by atoms with Crippen molar-refractivity contribution in [1.82, 2.24) is 34.5 Å². The zero-order chi connectivity index (χ0) is 24.5. The van der Waals surface area contributed by atoms with Gasteiger partial charge in [-0.05, 0) is 51.5 Å². The number of rotatable bonds is 8. The molecule has 9 nitrogen and oxygen atoms in total. The molecule has 1 N–H and O–H groups in total. The van der Waals surface area contributed by atoms with E-state index >= 15 is 0 Å². The Hall–Kier alpha value is -3.40. The normalized spacial score (nSPS) is 14.3. The summed E-state index contributed by atoms with van der Waals surface area (Å²) in [6.07, 6.45) is 10.1. The first-order chi connectivity index (χ1) is 17.0. The third-order valence-corrected chi connectivity index (χ3v) is 7.10. The molecule has 0 saturated heterocycles. The van der Waals surface area contributed by atoms with Crippen LogP contribution in [0, 0.1) is 6.92 Å². The predicted octanol–water partition coefficient (Wildman–Crippen LogP) is 4.53. The van der Waals surface area contributed by atoms with Gasteiger partial charge in [0.1, 0.15) is 11.8 Å². The number of anilines is 1. The van der Waals surface area contributed by atoms with Gasteiger partial charge in [-0.15, -0.1) is 11.8 Å². The van der Waals surface area contributed by atoms with Crippen LogP contribution >= 0.6 is 11.8 Å². The highest BCUT2D eigenvalue weighted by Crippen LogP contribution is 2.43. The molecule has 0 amide bonds. The molecule has 0 bridgehead atoms. The van der Waals surface area contributed by atoms with Crippen molar-refractivity contribution in [3.63, 3.8) is 0 Å². The van der Waals surface area contributed by atoms with Crippen LogP contribution in [0.2, 0.25) is 0 Å². The van der Waals surface area contributed by atoms with Crippen molar-refractivity contribution in [2.45, 2.75) is 63.4 Å². The Balaban J connectivity index is 1.57. The largest absolute Gasteiger partial charge is 0.360 e. The molecule has 10 heteroatoms. The Bertz CT molecular complexity index is 1430. The van der Waals surface area contributed by atoms with Crippen molar-refractivity contribution in [3.05, 3.63) is 58.3 Å². The van der Waals surface area contributed by atoms with Gasteiger partial charge in [-0.2, -0.15) is 0 Å². The summed E-state index contributed by atoms with van der Waals surface area (Å²) in [7, 11) is 0. The SMILES string of the molecule is CCC(C)n1c(=O)c(NCc2ccc(SC)cn2)nc2cnc(-c3c(C)ncnc3C3CC3)nc21. The van der Waals surface area contributed by atoms with E-state index in [1.165, 1.54) is 0 Å². The summed E-state index contributed by atoms with van der Waals surface area (Å²) >= 11 is 1.64. The number of hydrogen-bond donors (Lipinski definition) is 1. The average Bonchev–Trinajstić information content (AvgIpc) is 3.72. The predicted molar refractivity (Wildman–Crippen MR) is 138 cm³/mol. The van der Waals surface area contributed by atoms with Crippen LogP contribution in [0.3, 0.4) is 0 Å². The molecule has 180 valence electrons. The smallest absolute Gasteiger partial charge is 0.295 e. The van der Waals surface area contributed by atoms with Crippen LogP contribution in [0.25, 0.3) is 22.6 Å². The van der Waals surface area contributed by atoms with Gasteiger partial charge in [0.05, 0.1) is 35.4 Å². The number of aromatic nitrogens is 7. The maximum absolute atomic E-state index is 13.5. The van der Waals surface area contributed by atoms with Crippen LogP contribution < -0.4 is 10.9 Å². The lowest BCUT2D eigenvalue weighted by Crippen LogP contribution is -2.28. The fourth-order valence-corrected chi connectivity index (χ4v) is 4.44. The summed E-state index contributed by atoms with van der Waals surface area (Å²) in [6, 6.07) is 3.90. The molecule has 4 heterocycles. The van der Waals surface area contributed by atoms with E-state index in [9.17, 15) is 4.79 Å². The second-order valence-corrected chi connectivity index (χ2v) is 9.71. The van der Waals surface area contributed by atoms with Gasteiger partial charge in [0.15, 0.2) is 17.3 Å². The van der Waals surface area contributed by atoms with Gasteiger partial charge in [0.2, 0.25) is 0 Å². The van der Waals surface area contributed by atoms with Gasteiger partial charge in [-0.25, -0.2) is 24.9 Å². The molecule has 0 spiro atoms. The van der Waals surface area contributed by atoms with Crippen molar-refractivity contribution in [2.24, 2.45) is 0 Å². The Labute approximate surface area is 207 Å². The maximum Gasteiger partial charge on any atom is 0.295 e. The summed E-state index contributed by atoms with van der Waals surface area (Å²) in [4.78, 5) is 42.1. The van der Waals surface area contributed by atoms with Crippen LogP contribution in [0.5, 0.6) is 0 Å². The molecule has 1 unspecified atom stereocenters. The first-order valence-corrected chi connectivity index (χ1v) is 13.1. The Morgan fingerprint density at radius 3 is 2.66 bits per heavy atom. The molecular weight excluding hydrogens is 460 g/mol. The zero-order valence-corrected chi connectivity index (χ0v) is 21.1. The van der Waals surface area contributed by atoms with E-state index in [0.717, 1.165) is 46.8 Å². The standard InChI is InChI=1S/C25H28N8OS/c1-5-14(2)33-24-19(31-23(25(33)34)27-10-17-8-9-18(35-4)11-26-17)12-28-22(32-24)20-15(3)29-13-30-21(20)16-6-7-16/h8-9,11-14,16H,5-7,10H2,1-4H3,(H,27,31). The van der Waals surface area contributed by atoms with Crippen molar-refractivity contribution in [1.29, 1.82) is 0 Å². The number of nitrogens with one attached hydrogen (secondary N) is 1. The molecular formula is C25H28N8OS. The van der Waals surface area contributed by atoms with Crippen molar-refractivity contribution in [3.8, 4) is 11.4 Å². The molecule has 0 radical (unpaired) electrons. The van der Waals surface area contributed by atoms with E-state index < -0.39 is 0 Å². The molecule has 0 aromatic carbocycles. The number of nitrogens with zero attached hydrogens (tertiary/aromatic N) is 7. The molecule has 1 atom stereocenters. The summed E-state index contributed by atoms with van der Waals surface area (Å²) in [5.41, 5.74) is 4.39. The van der Waals surface area contributed by atoms with Gasteiger partial charge < -0.3 is 5.32 Å². The Morgan fingerprint density at radius 1 is 1.14 bits per heavy atom. The molecule has 35 heavy (non-hydrogen) atoms. The molecule has 4 aromatic heterocycles. The van der Waals surface area contributed by atoms with Crippen LogP contribution in [-0.2, 0) is 6.54 Å². The molecule has 1 saturated carbocycles. The minimum absolute atomic E-state index is 0.0636. The quantitative estimate of drug-likeness (QED) is 0.358. The lowest BCUT2D eigenvalue weighted by atomic mass is 10.1. The van der Waals surface area contributed by atoms with E-state index in [2.05, 4.69) is 37.2 Å². The lowest BCUT2D eigenvalue weighted by Gasteiger charge is -2.18. The highest BCUT2D eigenvalue weighted by atomic mass is 32.2. The number of aryl methyl sites for hydroxylation is 1. The number of thioether (sulfide) groups is 1. The highest BCUT2D eigenvalue weighted by molar-refractivity contribution is 7.98. The molecule has 1 aliphatic rings. The van der Waals surface area contributed by atoms with Crippen LogP contribution in [0.15, 0.2) is 40.5 Å². The molecule has 4 aromatic rings. The molecule has 1 fully saturated rings. The van der Waals surface area contributed by atoms with Gasteiger partial charge >= 0.3 is 0 Å². The minimum atomic E-state index is -0.208. The molecule has 0 aliphatic heterocycles. The van der Waals surface area contributed by atoms with Gasteiger partial charge in [-0.1, -0.05) is 6.92 Å². The number of pyridine rings is 1. The van der Waals surface area contributed by atoms with Crippen molar-refractivity contribution < 1.29 is 0 Å². The van der Waals surface area contributed by atoms with Crippen LogP contribution in [-0.4, -0.2) is 40.7 Å². The molecule has 5 rings (SSSR count). The van der Waals surface area contributed by atoms with E-state index in [0.29, 0.717) is 29.5 Å². The van der Waals surface area contributed by atoms with Gasteiger partial charge in [0, 0.05) is 23.1 Å². The fourth-order valence-electron chi connectivity index (χ4n) is 4.07. The van der Waals surface area contributed by atoms with Gasteiger partial charge in [-0.3, -0.25) is 14.3 Å². The topological polar surface area (TPSA) is 111 Å². The van der Waals surface area contributed by atoms with Crippen LogP contribution in [0.4, 0.5) is 5.82 Å². The third-order valence-electron chi connectivity index (χ3n) is 6.39. The summed E-state index contributed by atoms with van der Waals surface area (Å²) < 4.78 is 1.72. The summed E-state index contributed by atoms with van der Waals surface area (Å²) in [5.74, 6) is 1.23. The van der Waals surface area contributed by atoms with Crippen molar-refractivity contribution in [2.75, 3.05) is 11.6 Å².